The Morgan fingerprint density at radius 3 is 2.86 bits per heavy atom. The zero-order valence-electron chi connectivity index (χ0n) is 11.3. The van der Waals surface area contributed by atoms with Crippen LogP contribution in [0.2, 0.25) is 0 Å². The van der Waals surface area contributed by atoms with Crippen LogP contribution in [-0.4, -0.2) is 34.6 Å². The monoisotopic (exact) mass is 291 g/mol. The largest absolute Gasteiger partial charge is 0.480 e. The first kappa shape index (κ1) is 14.8. The van der Waals surface area contributed by atoms with E-state index in [1.165, 1.54) is 17.0 Å². The Morgan fingerprint density at radius 1 is 1.52 bits per heavy atom. The molecular weight excluding hydrogens is 277 g/mol. The highest BCUT2D eigenvalue weighted by Gasteiger charge is 2.39. The summed E-state index contributed by atoms with van der Waals surface area (Å²) >= 11 is 0. The highest BCUT2D eigenvalue weighted by molar-refractivity contribution is 5.93. The number of anilines is 1. The van der Waals surface area contributed by atoms with Crippen molar-refractivity contribution in [1.29, 1.82) is 5.26 Å². The van der Waals surface area contributed by atoms with Crippen molar-refractivity contribution in [3.05, 3.63) is 29.6 Å². The van der Waals surface area contributed by atoms with Crippen molar-refractivity contribution in [2.24, 2.45) is 5.92 Å². The number of amides is 2. The summed E-state index contributed by atoms with van der Waals surface area (Å²) in [4.78, 5) is 24.6. The SMILES string of the molecule is CC1CCN(C(=O)Nc2ccc(F)c(C#N)c2)C1C(=O)O. The van der Waals surface area contributed by atoms with Crippen molar-refractivity contribution < 1.29 is 19.1 Å². The van der Waals surface area contributed by atoms with E-state index < -0.39 is 23.9 Å². The second-order valence-electron chi connectivity index (χ2n) is 4.98. The van der Waals surface area contributed by atoms with Crippen LogP contribution >= 0.6 is 0 Å². The lowest BCUT2D eigenvalue weighted by Crippen LogP contribution is -2.44. The zero-order chi connectivity index (χ0) is 15.6. The number of halogens is 1. The molecule has 0 aromatic heterocycles. The molecule has 1 heterocycles. The lowest BCUT2D eigenvalue weighted by molar-refractivity contribution is -0.142. The number of nitriles is 1. The van der Waals surface area contributed by atoms with Crippen LogP contribution in [0.5, 0.6) is 0 Å². The second kappa shape index (κ2) is 5.79. The predicted octanol–water partition coefficient (Wildman–Crippen LogP) is 2.02. The van der Waals surface area contributed by atoms with Gasteiger partial charge < -0.3 is 15.3 Å². The van der Waals surface area contributed by atoms with E-state index in [1.807, 2.05) is 0 Å². The third-order valence-corrected chi connectivity index (χ3v) is 3.55. The summed E-state index contributed by atoms with van der Waals surface area (Å²) in [5.41, 5.74) is 0.0685. The quantitative estimate of drug-likeness (QED) is 0.871. The van der Waals surface area contributed by atoms with Gasteiger partial charge in [-0.1, -0.05) is 6.92 Å². The number of carbonyl (C=O) groups excluding carboxylic acids is 1. The molecule has 1 saturated heterocycles. The summed E-state index contributed by atoms with van der Waals surface area (Å²) in [5.74, 6) is -1.85. The Hall–Kier alpha value is -2.62. The van der Waals surface area contributed by atoms with E-state index in [4.69, 9.17) is 5.26 Å². The molecule has 2 N–H and O–H groups in total. The van der Waals surface area contributed by atoms with Crippen LogP contribution in [0, 0.1) is 23.1 Å². The van der Waals surface area contributed by atoms with Crippen molar-refractivity contribution in [2.45, 2.75) is 19.4 Å². The molecule has 1 aromatic rings. The number of nitrogens with zero attached hydrogens (tertiary/aromatic N) is 2. The van der Waals surface area contributed by atoms with Crippen LogP contribution in [0.25, 0.3) is 0 Å². The van der Waals surface area contributed by atoms with Crippen LogP contribution in [0.4, 0.5) is 14.9 Å². The van der Waals surface area contributed by atoms with Crippen molar-refractivity contribution in [1.82, 2.24) is 4.90 Å². The summed E-state index contributed by atoms with van der Waals surface area (Å²) in [6, 6.07) is 3.85. The second-order valence-corrected chi connectivity index (χ2v) is 4.98. The number of hydrogen-bond donors (Lipinski definition) is 2. The predicted molar refractivity (Wildman–Crippen MR) is 72.0 cm³/mol. The van der Waals surface area contributed by atoms with E-state index in [1.54, 1.807) is 13.0 Å². The molecule has 0 aliphatic carbocycles. The molecule has 1 aromatic carbocycles. The Labute approximate surface area is 120 Å². The summed E-state index contributed by atoms with van der Waals surface area (Å²) in [6.45, 7) is 2.12. The standard InChI is InChI=1S/C14H14FN3O3/c1-8-4-5-18(12(8)13(19)20)14(21)17-10-2-3-11(15)9(6-10)7-16/h2-3,6,8,12H,4-5H2,1H3,(H,17,21)(H,19,20). The molecule has 2 rings (SSSR count). The maximum absolute atomic E-state index is 13.2. The van der Waals surface area contributed by atoms with Gasteiger partial charge in [-0.3, -0.25) is 0 Å². The van der Waals surface area contributed by atoms with Crippen LogP contribution in [0.3, 0.4) is 0 Å². The van der Waals surface area contributed by atoms with E-state index in [-0.39, 0.29) is 17.2 Å². The molecule has 21 heavy (non-hydrogen) atoms. The third-order valence-electron chi connectivity index (χ3n) is 3.55. The topological polar surface area (TPSA) is 93.4 Å². The molecule has 0 radical (unpaired) electrons. The first-order valence-corrected chi connectivity index (χ1v) is 6.44. The van der Waals surface area contributed by atoms with Gasteiger partial charge in [0.05, 0.1) is 5.56 Å². The summed E-state index contributed by atoms with van der Waals surface area (Å²) in [7, 11) is 0. The van der Waals surface area contributed by atoms with Crippen molar-refractivity contribution >= 4 is 17.7 Å². The van der Waals surface area contributed by atoms with Gasteiger partial charge in [0.2, 0.25) is 0 Å². The van der Waals surface area contributed by atoms with Gasteiger partial charge in [-0.15, -0.1) is 0 Å². The number of likely N-dealkylation sites (tertiary alicyclic amines) is 1. The maximum Gasteiger partial charge on any atom is 0.326 e. The van der Waals surface area contributed by atoms with E-state index in [0.29, 0.717) is 13.0 Å². The maximum atomic E-state index is 13.2. The number of carbonyl (C=O) groups is 2. The molecule has 1 fully saturated rings. The molecular formula is C14H14FN3O3. The lowest BCUT2D eigenvalue weighted by atomic mass is 10.0. The molecule has 0 bridgehead atoms. The fourth-order valence-electron chi connectivity index (χ4n) is 2.44. The van der Waals surface area contributed by atoms with Crippen LogP contribution in [0.1, 0.15) is 18.9 Å². The molecule has 2 unspecified atom stereocenters. The molecule has 0 spiro atoms. The number of urea groups is 1. The summed E-state index contributed by atoms with van der Waals surface area (Å²) < 4.78 is 13.2. The van der Waals surface area contributed by atoms with Gasteiger partial charge >= 0.3 is 12.0 Å². The minimum absolute atomic E-state index is 0.129. The first-order valence-electron chi connectivity index (χ1n) is 6.44. The first-order chi connectivity index (χ1) is 9.93. The van der Waals surface area contributed by atoms with E-state index >= 15 is 0 Å². The van der Waals surface area contributed by atoms with Gasteiger partial charge in [-0.25, -0.2) is 14.0 Å². The Bertz CT molecular complexity index is 626. The van der Waals surface area contributed by atoms with E-state index in [2.05, 4.69) is 5.32 Å². The lowest BCUT2D eigenvalue weighted by Gasteiger charge is -2.23. The van der Waals surface area contributed by atoms with Gasteiger partial charge in [0, 0.05) is 12.2 Å². The number of carboxylic acid groups (broad SMARTS) is 1. The number of aliphatic carboxylic acids is 1. The number of hydrogen-bond acceptors (Lipinski definition) is 3. The molecule has 7 heteroatoms. The van der Waals surface area contributed by atoms with Gasteiger partial charge in [0.25, 0.3) is 0 Å². The van der Waals surface area contributed by atoms with E-state index in [0.717, 1.165) is 6.07 Å². The average molecular weight is 291 g/mol. The van der Waals surface area contributed by atoms with Crippen molar-refractivity contribution in [3.8, 4) is 6.07 Å². The zero-order valence-corrected chi connectivity index (χ0v) is 11.3. The smallest absolute Gasteiger partial charge is 0.326 e. The number of nitrogens with one attached hydrogen (secondary N) is 1. The highest BCUT2D eigenvalue weighted by atomic mass is 19.1. The molecule has 110 valence electrons. The molecule has 0 saturated carbocycles. The Balaban J connectivity index is 2.15. The third kappa shape index (κ3) is 2.94. The number of benzene rings is 1. The fourth-order valence-corrected chi connectivity index (χ4v) is 2.44. The fraction of sp³-hybridized carbons (Fsp3) is 0.357. The van der Waals surface area contributed by atoms with E-state index in [9.17, 15) is 19.1 Å². The molecule has 1 aliphatic rings. The Kier molecular flexibility index (Phi) is 4.08. The van der Waals surface area contributed by atoms with Gasteiger partial charge in [-0.05, 0) is 30.5 Å². The molecule has 2 amide bonds. The van der Waals surface area contributed by atoms with Crippen LogP contribution in [-0.2, 0) is 4.79 Å². The van der Waals surface area contributed by atoms with Crippen molar-refractivity contribution in [3.63, 3.8) is 0 Å². The molecule has 6 nitrogen and oxygen atoms in total. The number of rotatable bonds is 2. The van der Waals surface area contributed by atoms with Gasteiger partial charge in [0.15, 0.2) is 0 Å². The molecule has 2 atom stereocenters. The minimum Gasteiger partial charge on any atom is -0.480 e. The number of carboxylic acids is 1. The van der Waals surface area contributed by atoms with Crippen molar-refractivity contribution in [2.75, 3.05) is 11.9 Å². The molecule has 1 aliphatic heterocycles. The summed E-state index contributed by atoms with van der Waals surface area (Å²) in [6.07, 6.45) is 0.608. The van der Waals surface area contributed by atoms with Gasteiger partial charge in [-0.2, -0.15) is 5.26 Å². The van der Waals surface area contributed by atoms with Crippen LogP contribution < -0.4 is 5.32 Å². The highest BCUT2D eigenvalue weighted by Crippen LogP contribution is 2.25. The normalized spacial score (nSPS) is 20.9. The average Bonchev–Trinajstić information content (AvgIpc) is 2.83. The minimum atomic E-state index is -1.05. The summed E-state index contributed by atoms with van der Waals surface area (Å²) in [5, 5.41) is 20.4. The van der Waals surface area contributed by atoms with Crippen LogP contribution in [0.15, 0.2) is 18.2 Å². The van der Waals surface area contributed by atoms with Gasteiger partial charge in [0.1, 0.15) is 17.9 Å². The Morgan fingerprint density at radius 2 is 2.24 bits per heavy atom.